The molecule has 0 saturated heterocycles. The number of carbonyl (C=O) groups is 1. The predicted molar refractivity (Wildman–Crippen MR) is 40.8 cm³/mol. The maximum Gasteiger partial charge on any atom is 0.323 e. The van der Waals surface area contributed by atoms with Crippen LogP contribution in [0, 0.1) is 5.92 Å². The fourth-order valence-electron chi connectivity index (χ4n) is 0.651. The molecule has 0 saturated carbocycles. The molecule has 0 fully saturated rings. The molecule has 11 heavy (non-hydrogen) atoms. The molecule has 0 aromatic carbocycles. The van der Waals surface area contributed by atoms with E-state index in [-0.39, 0.29) is 5.92 Å². The van der Waals surface area contributed by atoms with Crippen LogP contribution in [0.25, 0.3) is 0 Å². The van der Waals surface area contributed by atoms with Gasteiger partial charge in [0.15, 0.2) is 0 Å². The van der Waals surface area contributed by atoms with E-state index in [0.717, 1.165) is 0 Å². The van der Waals surface area contributed by atoms with Crippen LogP contribution < -0.4 is 5.73 Å². The number of aliphatic hydroxyl groups is 1. The van der Waals surface area contributed by atoms with Gasteiger partial charge in [0.25, 0.3) is 0 Å². The van der Waals surface area contributed by atoms with Crippen molar-refractivity contribution in [1.82, 2.24) is 0 Å². The van der Waals surface area contributed by atoms with Crippen molar-refractivity contribution in [2.45, 2.75) is 26.0 Å². The first-order chi connectivity index (χ1) is 5.00. The van der Waals surface area contributed by atoms with Gasteiger partial charge in [0.2, 0.25) is 0 Å². The molecule has 3 unspecified atom stereocenters. The first kappa shape index (κ1) is 10.4. The largest absolute Gasteiger partial charge is 0.468 e. The summed E-state index contributed by atoms with van der Waals surface area (Å²) < 4.78 is 4.41. The minimum Gasteiger partial charge on any atom is -0.468 e. The smallest absolute Gasteiger partial charge is 0.323 e. The number of esters is 1. The highest BCUT2D eigenvalue weighted by molar-refractivity contribution is 5.75. The summed E-state index contributed by atoms with van der Waals surface area (Å²) in [5.41, 5.74) is 5.44. The molecule has 0 radical (unpaired) electrons. The first-order valence-electron chi connectivity index (χ1n) is 3.52. The lowest BCUT2D eigenvalue weighted by Crippen LogP contribution is -2.42. The van der Waals surface area contributed by atoms with Crippen LogP contribution in [0.3, 0.4) is 0 Å². The maximum absolute atomic E-state index is 10.8. The lowest BCUT2D eigenvalue weighted by molar-refractivity contribution is -0.144. The van der Waals surface area contributed by atoms with Crippen molar-refractivity contribution in [3.8, 4) is 0 Å². The monoisotopic (exact) mass is 161 g/mol. The van der Waals surface area contributed by atoms with E-state index >= 15 is 0 Å². The summed E-state index contributed by atoms with van der Waals surface area (Å²) >= 11 is 0. The van der Waals surface area contributed by atoms with Gasteiger partial charge in [-0.25, -0.2) is 0 Å². The molecule has 4 nitrogen and oxygen atoms in total. The SMILES string of the molecule is COC(=O)C(N)C(C)C(C)O. The molecule has 3 atom stereocenters. The third kappa shape index (κ3) is 2.86. The van der Waals surface area contributed by atoms with Crippen molar-refractivity contribution in [2.75, 3.05) is 7.11 Å². The number of nitrogens with two attached hydrogens (primary N) is 1. The summed E-state index contributed by atoms with van der Waals surface area (Å²) in [5, 5.41) is 9.05. The average Bonchev–Trinajstić information content (AvgIpc) is 2.00. The molecule has 0 heterocycles. The van der Waals surface area contributed by atoms with E-state index in [2.05, 4.69) is 4.74 Å². The zero-order valence-corrected chi connectivity index (χ0v) is 7.07. The summed E-state index contributed by atoms with van der Waals surface area (Å²) in [6.07, 6.45) is -0.593. The highest BCUT2D eigenvalue weighted by Gasteiger charge is 2.24. The van der Waals surface area contributed by atoms with Gasteiger partial charge in [-0.3, -0.25) is 4.79 Å². The van der Waals surface area contributed by atoms with Crippen LogP contribution in [0.15, 0.2) is 0 Å². The fraction of sp³-hybridized carbons (Fsp3) is 0.857. The van der Waals surface area contributed by atoms with Crippen molar-refractivity contribution in [1.29, 1.82) is 0 Å². The lowest BCUT2D eigenvalue weighted by atomic mass is 9.98. The van der Waals surface area contributed by atoms with Gasteiger partial charge in [0.1, 0.15) is 6.04 Å². The Morgan fingerprint density at radius 1 is 1.55 bits per heavy atom. The predicted octanol–water partition coefficient (Wildman–Crippen LogP) is -0.496. The first-order valence-corrected chi connectivity index (χ1v) is 3.52. The van der Waals surface area contributed by atoms with Crippen molar-refractivity contribution in [3.63, 3.8) is 0 Å². The van der Waals surface area contributed by atoms with E-state index in [0.29, 0.717) is 0 Å². The molecule has 0 aromatic heterocycles. The minimum absolute atomic E-state index is 0.276. The number of hydrogen-bond acceptors (Lipinski definition) is 4. The number of carbonyl (C=O) groups excluding carboxylic acids is 1. The molecule has 0 aromatic rings. The van der Waals surface area contributed by atoms with Gasteiger partial charge >= 0.3 is 5.97 Å². The Bertz CT molecular complexity index is 136. The van der Waals surface area contributed by atoms with Gasteiger partial charge in [0.05, 0.1) is 13.2 Å². The standard InChI is InChI=1S/C7H15NO3/c1-4(5(2)9)6(8)7(10)11-3/h4-6,9H,8H2,1-3H3. The lowest BCUT2D eigenvalue weighted by Gasteiger charge is -2.19. The minimum atomic E-state index is -0.736. The Hall–Kier alpha value is -0.610. The van der Waals surface area contributed by atoms with Crippen molar-refractivity contribution < 1.29 is 14.6 Å². The zero-order chi connectivity index (χ0) is 9.02. The number of methoxy groups -OCH3 is 1. The van der Waals surface area contributed by atoms with Crippen LogP contribution in [0.5, 0.6) is 0 Å². The molecule has 0 amide bonds. The molecule has 0 bridgehead atoms. The maximum atomic E-state index is 10.8. The summed E-state index contributed by atoms with van der Waals surface area (Å²) in [6.45, 7) is 3.29. The molecular formula is C7H15NO3. The molecule has 0 aliphatic rings. The Kier molecular flexibility index (Phi) is 4.07. The van der Waals surface area contributed by atoms with Crippen LogP contribution in [-0.4, -0.2) is 30.3 Å². The summed E-state index contributed by atoms with van der Waals surface area (Å²) in [5.74, 6) is -0.763. The Balaban J connectivity index is 4.01. The second-order valence-corrected chi connectivity index (χ2v) is 2.65. The summed E-state index contributed by atoms with van der Waals surface area (Å²) in [4.78, 5) is 10.8. The second kappa shape index (κ2) is 4.31. The van der Waals surface area contributed by atoms with Crippen LogP contribution >= 0.6 is 0 Å². The Labute approximate surface area is 66.3 Å². The molecule has 0 spiro atoms. The van der Waals surface area contributed by atoms with E-state index in [1.807, 2.05) is 0 Å². The third-order valence-corrected chi connectivity index (χ3v) is 1.80. The second-order valence-electron chi connectivity index (χ2n) is 2.65. The molecule has 4 heteroatoms. The molecule has 0 aliphatic carbocycles. The number of aliphatic hydroxyl groups excluding tert-OH is 1. The zero-order valence-electron chi connectivity index (χ0n) is 7.07. The molecule has 66 valence electrons. The van der Waals surface area contributed by atoms with Gasteiger partial charge in [-0.1, -0.05) is 6.92 Å². The van der Waals surface area contributed by atoms with Crippen molar-refractivity contribution >= 4 is 5.97 Å². The number of ether oxygens (including phenoxy) is 1. The highest BCUT2D eigenvalue weighted by atomic mass is 16.5. The highest BCUT2D eigenvalue weighted by Crippen LogP contribution is 2.07. The van der Waals surface area contributed by atoms with E-state index in [4.69, 9.17) is 10.8 Å². The Morgan fingerprint density at radius 2 is 2.00 bits per heavy atom. The normalized spacial score (nSPS) is 18.6. The molecule has 3 N–H and O–H groups in total. The topological polar surface area (TPSA) is 72.5 Å². The third-order valence-electron chi connectivity index (χ3n) is 1.80. The quantitative estimate of drug-likeness (QED) is 0.547. The van der Waals surface area contributed by atoms with Crippen LogP contribution in [-0.2, 0) is 9.53 Å². The van der Waals surface area contributed by atoms with Gasteiger partial charge in [-0.2, -0.15) is 0 Å². The van der Waals surface area contributed by atoms with Gasteiger partial charge in [0, 0.05) is 5.92 Å². The Morgan fingerprint density at radius 3 is 2.27 bits per heavy atom. The van der Waals surface area contributed by atoms with E-state index < -0.39 is 18.1 Å². The number of rotatable bonds is 3. The van der Waals surface area contributed by atoms with Gasteiger partial charge in [-0.05, 0) is 6.92 Å². The fourth-order valence-corrected chi connectivity index (χ4v) is 0.651. The van der Waals surface area contributed by atoms with E-state index in [1.165, 1.54) is 7.11 Å². The molecule has 0 aliphatic heterocycles. The van der Waals surface area contributed by atoms with Crippen molar-refractivity contribution in [2.24, 2.45) is 11.7 Å². The summed E-state index contributed by atoms with van der Waals surface area (Å²) in [6, 6.07) is -0.736. The van der Waals surface area contributed by atoms with Gasteiger partial charge in [-0.15, -0.1) is 0 Å². The van der Waals surface area contributed by atoms with Crippen LogP contribution in [0.4, 0.5) is 0 Å². The van der Waals surface area contributed by atoms with Crippen LogP contribution in [0.1, 0.15) is 13.8 Å². The average molecular weight is 161 g/mol. The van der Waals surface area contributed by atoms with E-state index in [9.17, 15) is 4.79 Å². The number of hydrogen-bond donors (Lipinski definition) is 2. The van der Waals surface area contributed by atoms with Crippen molar-refractivity contribution in [3.05, 3.63) is 0 Å². The van der Waals surface area contributed by atoms with Gasteiger partial charge < -0.3 is 15.6 Å². The van der Waals surface area contributed by atoms with E-state index in [1.54, 1.807) is 13.8 Å². The summed E-state index contributed by atoms with van der Waals surface area (Å²) in [7, 11) is 1.27. The molecular weight excluding hydrogens is 146 g/mol. The van der Waals surface area contributed by atoms with Crippen LogP contribution in [0.2, 0.25) is 0 Å². The molecule has 0 rings (SSSR count).